The molecule has 0 fully saturated rings. The van der Waals surface area contributed by atoms with Crippen LogP contribution in [0.1, 0.15) is 22.5 Å². The smallest absolute Gasteiger partial charge is 0.346 e. The van der Waals surface area contributed by atoms with Crippen LogP contribution < -0.4 is 5.69 Å². The third-order valence-corrected chi connectivity index (χ3v) is 4.29. The van der Waals surface area contributed by atoms with Gasteiger partial charge in [-0.05, 0) is 13.3 Å². The van der Waals surface area contributed by atoms with Crippen LogP contribution in [0.3, 0.4) is 0 Å². The number of thioether (sulfide) groups is 1. The Labute approximate surface area is 114 Å². The Kier molecular flexibility index (Phi) is 5.12. The van der Waals surface area contributed by atoms with Gasteiger partial charge < -0.3 is 10.1 Å². The third kappa shape index (κ3) is 5.03. The van der Waals surface area contributed by atoms with E-state index in [1.165, 1.54) is 6.92 Å². The summed E-state index contributed by atoms with van der Waals surface area (Å²) < 4.78 is 21.9. The van der Waals surface area contributed by atoms with Crippen molar-refractivity contribution < 1.29 is 18.3 Å². The number of aromatic nitrogens is 2. The highest BCUT2D eigenvalue weighted by Gasteiger charge is 2.16. The SMILES string of the molecule is Cc1[nH]c(=O)nc(SCCCS(C)(=O)=O)c1C(=O)O. The predicted molar refractivity (Wildman–Crippen MR) is 71.6 cm³/mol. The normalized spacial score (nSPS) is 11.5. The molecule has 7 nitrogen and oxygen atoms in total. The number of hydrogen-bond acceptors (Lipinski definition) is 6. The van der Waals surface area contributed by atoms with Gasteiger partial charge in [0.25, 0.3) is 0 Å². The number of aromatic amines is 1. The van der Waals surface area contributed by atoms with E-state index in [9.17, 15) is 18.0 Å². The fourth-order valence-electron chi connectivity index (χ4n) is 1.41. The number of H-pyrrole nitrogens is 1. The van der Waals surface area contributed by atoms with E-state index in [2.05, 4.69) is 9.97 Å². The molecule has 0 saturated heterocycles. The second-order valence-corrected chi connectivity index (χ2v) is 7.33. The monoisotopic (exact) mass is 306 g/mol. The highest BCUT2D eigenvalue weighted by molar-refractivity contribution is 7.99. The maximum atomic E-state index is 11.2. The third-order valence-electron chi connectivity index (χ3n) is 2.20. The molecule has 0 bridgehead atoms. The Bertz CT molecular complexity index is 636. The zero-order chi connectivity index (χ0) is 14.6. The second kappa shape index (κ2) is 6.20. The van der Waals surface area contributed by atoms with Gasteiger partial charge in [-0.1, -0.05) is 0 Å². The van der Waals surface area contributed by atoms with Crippen molar-refractivity contribution in [1.82, 2.24) is 9.97 Å². The largest absolute Gasteiger partial charge is 0.478 e. The van der Waals surface area contributed by atoms with Crippen molar-refractivity contribution in [3.05, 3.63) is 21.7 Å². The van der Waals surface area contributed by atoms with Gasteiger partial charge in [0.1, 0.15) is 20.4 Å². The van der Waals surface area contributed by atoms with Crippen molar-refractivity contribution in [2.24, 2.45) is 0 Å². The standard InChI is InChI=1S/C10H14N2O5S2/c1-6-7(9(13)14)8(12-10(15)11-6)18-4-3-5-19(2,16)17/h3-5H2,1-2H3,(H,13,14)(H,11,12,15). The minimum atomic E-state index is -3.04. The van der Waals surface area contributed by atoms with Gasteiger partial charge in [-0.3, -0.25) is 0 Å². The van der Waals surface area contributed by atoms with Gasteiger partial charge >= 0.3 is 11.7 Å². The maximum Gasteiger partial charge on any atom is 0.346 e. The molecule has 0 saturated carbocycles. The lowest BCUT2D eigenvalue weighted by molar-refractivity contribution is 0.0690. The Morgan fingerprint density at radius 2 is 2.11 bits per heavy atom. The van der Waals surface area contributed by atoms with E-state index in [1.54, 1.807) is 0 Å². The number of aromatic carboxylic acids is 1. The number of hydrogen-bond donors (Lipinski definition) is 2. The molecule has 0 aromatic carbocycles. The van der Waals surface area contributed by atoms with Crippen LogP contribution in [-0.4, -0.2) is 47.2 Å². The van der Waals surface area contributed by atoms with Crippen LogP contribution >= 0.6 is 11.8 Å². The van der Waals surface area contributed by atoms with E-state index in [0.717, 1.165) is 18.0 Å². The predicted octanol–water partition coefficient (Wildman–Crippen LogP) is 0.303. The van der Waals surface area contributed by atoms with Crippen LogP contribution in [0.2, 0.25) is 0 Å². The van der Waals surface area contributed by atoms with E-state index in [-0.39, 0.29) is 22.0 Å². The first-order valence-corrected chi connectivity index (χ1v) is 8.40. The molecule has 19 heavy (non-hydrogen) atoms. The minimum absolute atomic E-state index is 0.0184. The summed E-state index contributed by atoms with van der Waals surface area (Å²) in [5, 5.41) is 9.17. The number of carboxylic acid groups (broad SMARTS) is 1. The van der Waals surface area contributed by atoms with E-state index >= 15 is 0 Å². The first kappa shape index (κ1) is 15.7. The summed E-state index contributed by atoms with van der Waals surface area (Å²) in [6, 6.07) is 0. The van der Waals surface area contributed by atoms with Crippen LogP contribution in [0, 0.1) is 6.92 Å². The van der Waals surface area contributed by atoms with Crippen LogP contribution in [0.5, 0.6) is 0 Å². The molecule has 0 aliphatic heterocycles. The van der Waals surface area contributed by atoms with Gasteiger partial charge in [-0.25, -0.2) is 18.0 Å². The van der Waals surface area contributed by atoms with Gasteiger partial charge in [0.05, 0.1) is 5.75 Å². The van der Waals surface area contributed by atoms with Gasteiger partial charge in [0.2, 0.25) is 0 Å². The van der Waals surface area contributed by atoms with Crippen LogP contribution in [0.4, 0.5) is 0 Å². The molecule has 0 unspecified atom stereocenters. The summed E-state index contributed by atoms with van der Waals surface area (Å²) in [5.74, 6) is -0.778. The molecule has 2 N–H and O–H groups in total. The molecule has 0 atom stereocenters. The van der Waals surface area contributed by atoms with Crippen molar-refractivity contribution in [1.29, 1.82) is 0 Å². The van der Waals surface area contributed by atoms with Crippen molar-refractivity contribution in [2.45, 2.75) is 18.4 Å². The summed E-state index contributed by atoms with van der Waals surface area (Å²) in [4.78, 5) is 28.2. The molecule has 0 spiro atoms. The van der Waals surface area contributed by atoms with Gasteiger partial charge in [-0.15, -0.1) is 11.8 Å². The molecule has 0 radical (unpaired) electrons. The highest BCUT2D eigenvalue weighted by Crippen LogP contribution is 2.21. The lowest BCUT2D eigenvalue weighted by atomic mass is 10.2. The first-order chi connectivity index (χ1) is 8.70. The molecule has 0 aliphatic rings. The van der Waals surface area contributed by atoms with E-state index in [4.69, 9.17) is 5.11 Å². The molecular formula is C10H14N2O5S2. The molecule has 1 aromatic rings. The summed E-state index contributed by atoms with van der Waals surface area (Å²) >= 11 is 1.07. The topological polar surface area (TPSA) is 117 Å². The van der Waals surface area contributed by atoms with Crippen molar-refractivity contribution >= 4 is 27.6 Å². The van der Waals surface area contributed by atoms with E-state index in [0.29, 0.717) is 12.2 Å². The zero-order valence-corrected chi connectivity index (χ0v) is 12.1. The summed E-state index contributed by atoms with van der Waals surface area (Å²) in [7, 11) is -3.04. The lowest BCUT2D eigenvalue weighted by Crippen LogP contribution is -2.18. The van der Waals surface area contributed by atoms with E-state index in [1.807, 2.05) is 0 Å². The van der Waals surface area contributed by atoms with Gasteiger partial charge in [-0.2, -0.15) is 4.98 Å². The fraction of sp³-hybridized carbons (Fsp3) is 0.500. The minimum Gasteiger partial charge on any atom is -0.478 e. The molecule has 9 heteroatoms. The summed E-state index contributed by atoms with van der Waals surface area (Å²) in [6.07, 6.45) is 1.51. The van der Waals surface area contributed by atoms with Crippen molar-refractivity contribution in [2.75, 3.05) is 17.8 Å². The number of aryl methyl sites for hydroxylation is 1. The quantitative estimate of drug-likeness (QED) is 0.441. The molecule has 1 rings (SSSR count). The molecule has 0 amide bonds. The molecule has 1 aromatic heterocycles. The zero-order valence-electron chi connectivity index (χ0n) is 10.5. The Hall–Kier alpha value is -1.35. The van der Waals surface area contributed by atoms with Gasteiger partial charge in [0.15, 0.2) is 0 Å². The number of rotatable bonds is 6. The lowest BCUT2D eigenvalue weighted by Gasteiger charge is -2.06. The molecule has 1 heterocycles. The number of sulfone groups is 1. The number of carboxylic acids is 1. The second-order valence-electron chi connectivity index (χ2n) is 3.98. The Morgan fingerprint density at radius 3 is 2.63 bits per heavy atom. The highest BCUT2D eigenvalue weighted by atomic mass is 32.2. The molecule has 0 aliphatic carbocycles. The van der Waals surface area contributed by atoms with Crippen molar-refractivity contribution in [3.8, 4) is 0 Å². The van der Waals surface area contributed by atoms with Crippen molar-refractivity contribution in [3.63, 3.8) is 0 Å². The maximum absolute atomic E-state index is 11.2. The van der Waals surface area contributed by atoms with Crippen LogP contribution in [-0.2, 0) is 9.84 Å². The number of carbonyl (C=O) groups is 1. The first-order valence-electron chi connectivity index (χ1n) is 5.35. The Morgan fingerprint density at radius 1 is 1.47 bits per heavy atom. The van der Waals surface area contributed by atoms with Crippen LogP contribution in [0.15, 0.2) is 9.82 Å². The number of nitrogens with zero attached hydrogens (tertiary/aromatic N) is 1. The Balaban J connectivity index is 2.83. The molecular weight excluding hydrogens is 292 g/mol. The average Bonchev–Trinajstić information content (AvgIpc) is 2.21. The van der Waals surface area contributed by atoms with E-state index < -0.39 is 21.5 Å². The fourth-order valence-corrected chi connectivity index (χ4v) is 3.27. The molecule has 106 valence electrons. The average molecular weight is 306 g/mol. The summed E-state index contributed by atoms with van der Waals surface area (Å²) in [5.41, 5.74) is -0.435. The number of nitrogens with one attached hydrogen (secondary N) is 1. The van der Waals surface area contributed by atoms with Gasteiger partial charge in [0, 0.05) is 17.7 Å². The van der Waals surface area contributed by atoms with Crippen LogP contribution in [0.25, 0.3) is 0 Å². The summed E-state index contributed by atoms with van der Waals surface area (Å²) in [6.45, 7) is 1.48.